The minimum atomic E-state index is -0.256. The van der Waals surface area contributed by atoms with E-state index in [1.807, 2.05) is 4.90 Å². The molecule has 0 aromatic heterocycles. The molecule has 0 spiro atoms. The van der Waals surface area contributed by atoms with Gasteiger partial charge in [0.25, 0.3) is 0 Å². The summed E-state index contributed by atoms with van der Waals surface area (Å²) in [7, 11) is 1.39. The number of hydrogen-bond acceptors (Lipinski definition) is 4. The van der Waals surface area contributed by atoms with E-state index in [0.717, 1.165) is 38.2 Å². The Hall–Kier alpha value is -1.10. The highest BCUT2D eigenvalue weighted by Gasteiger charge is 2.31. The van der Waals surface area contributed by atoms with Crippen molar-refractivity contribution in [1.29, 1.82) is 0 Å². The van der Waals surface area contributed by atoms with Gasteiger partial charge in [-0.2, -0.15) is 0 Å². The van der Waals surface area contributed by atoms with Crippen molar-refractivity contribution in [3.8, 4) is 0 Å². The van der Waals surface area contributed by atoms with Gasteiger partial charge in [0, 0.05) is 25.6 Å². The molecular weight excluding hydrogens is 318 g/mol. The molecule has 5 heteroatoms. The maximum Gasteiger partial charge on any atom is 0.307 e. The Balaban J connectivity index is 1.86. The van der Waals surface area contributed by atoms with Crippen molar-refractivity contribution < 1.29 is 19.1 Å². The van der Waals surface area contributed by atoms with Crippen LogP contribution in [0.15, 0.2) is 0 Å². The number of rotatable bonds is 9. The van der Waals surface area contributed by atoms with Crippen LogP contribution in [0.5, 0.6) is 0 Å². The minimum absolute atomic E-state index is 0.122. The van der Waals surface area contributed by atoms with Crippen LogP contribution in [0.4, 0.5) is 0 Å². The van der Waals surface area contributed by atoms with E-state index in [1.165, 1.54) is 39.2 Å². The first-order valence-electron chi connectivity index (χ1n) is 10.1. The summed E-state index contributed by atoms with van der Waals surface area (Å²) in [4.78, 5) is 26.4. The number of amides is 1. The molecule has 144 valence electrons. The van der Waals surface area contributed by atoms with Gasteiger partial charge in [-0.15, -0.1) is 0 Å². The van der Waals surface area contributed by atoms with Gasteiger partial charge in [-0.1, -0.05) is 26.2 Å². The maximum absolute atomic E-state index is 13.0. The quantitative estimate of drug-likeness (QED) is 0.595. The molecule has 2 fully saturated rings. The largest absolute Gasteiger partial charge is 0.469 e. The average molecular weight is 354 g/mol. The molecule has 1 aliphatic heterocycles. The fraction of sp³-hybridized carbons (Fsp3) is 0.900. The normalized spacial score (nSPS) is 26.4. The summed E-state index contributed by atoms with van der Waals surface area (Å²) in [6.07, 6.45) is 10.6. The van der Waals surface area contributed by atoms with Gasteiger partial charge in [0.05, 0.1) is 19.6 Å². The number of methoxy groups -OCH3 is 1. The molecule has 1 atom stereocenters. The molecule has 0 bridgehead atoms. The molecule has 2 aliphatic rings. The van der Waals surface area contributed by atoms with Crippen LogP contribution in [0.3, 0.4) is 0 Å². The fourth-order valence-corrected chi connectivity index (χ4v) is 4.10. The molecular formula is C20H35NO4. The molecule has 1 saturated carbocycles. The summed E-state index contributed by atoms with van der Waals surface area (Å²) in [5.74, 6) is 0.879. The second-order valence-electron chi connectivity index (χ2n) is 7.61. The van der Waals surface area contributed by atoms with Crippen molar-refractivity contribution in [2.75, 3.05) is 26.8 Å². The van der Waals surface area contributed by atoms with Crippen LogP contribution >= 0.6 is 0 Å². The SMILES string of the molecule is CCCCC1CCC(C(=O)N(CCC(=O)OC)CC2CCCO2)CC1. The van der Waals surface area contributed by atoms with E-state index in [-0.39, 0.29) is 30.3 Å². The molecule has 1 unspecified atom stereocenters. The summed E-state index contributed by atoms with van der Waals surface area (Å²) in [6, 6.07) is 0. The van der Waals surface area contributed by atoms with Gasteiger partial charge in [0.2, 0.25) is 5.91 Å². The lowest BCUT2D eigenvalue weighted by molar-refractivity contribution is -0.143. The summed E-state index contributed by atoms with van der Waals surface area (Å²) in [5.41, 5.74) is 0. The lowest BCUT2D eigenvalue weighted by Gasteiger charge is -2.33. The molecule has 1 amide bonds. The van der Waals surface area contributed by atoms with E-state index < -0.39 is 0 Å². The van der Waals surface area contributed by atoms with E-state index in [1.54, 1.807) is 0 Å². The highest BCUT2D eigenvalue weighted by molar-refractivity contribution is 5.79. The highest BCUT2D eigenvalue weighted by Crippen LogP contribution is 2.33. The minimum Gasteiger partial charge on any atom is -0.469 e. The van der Waals surface area contributed by atoms with Gasteiger partial charge in [-0.25, -0.2) is 0 Å². The zero-order valence-electron chi connectivity index (χ0n) is 16.0. The lowest BCUT2D eigenvalue weighted by atomic mass is 9.79. The Labute approximate surface area is 152 Å². The predicted octanol–water partition coefficient (Wildman–Crippen LogP) is 3.55. The van der Waals surface area contributed by atoms with Crippen molar-refractivity contribution in [3.63, 3.8) is 0 Å². The van der Waals surface area contributed by atoms with E-state index >= 15 is 0 Å². The number of hydrogen-bond donors (Lipinski definition) is 0. The molecule has 5 nitrogen and oxygen atoms in total. The zero-order chi connectivity index (χ0) is 18.1. The molecule has 0 aromatic carbocycles. The van der Waals surface area contributed by atoms with Crippen LogP contribution in [-0.2, 0) is 19.1 Å². The number of ether oxygens (including phenoxy) is 2. The first kappa shape index (κ1) is 20.2. The summed E-state index contributed by atoms with van der Waals surface area (Å²) < 4.78 is 10.4. The molecule has 2 rings (SSSR count). The Morgan fingerprint density at radius 1 is 1.16 bits per heavy atom. The zero-order valence-corrected chi connectivity index (χ0v) is 16.0. The van der Waals surface area contributed by atoms with Gasteiger partial charge in [0.1, 0.15) is 0 Å². The molecule has 0 N–H and O–H groups in total. The van der Waals surface area contributed by atoms with Crippen LogP contribution in [0.1, 0.15) is 71.1 Å². The van der Waals surface area contributed by atoms with Gasteiger partial charge in [-0.3, -0.25) is 9.59 Å². The molecule has 1 saturated heterocycles. The predicted molar refractivity (Wildman–Crippen MR) is 97.2 cm³/mol. The second-order valence-corrected chi connectivity index (χ2v) is 7.61. The van der Waals surface area contributed by atoms with Crippen molar-refractivity contribution in [2.45, 2.75) is 77.2 Å². The topological polar surface area (TPSA) is 55.8 Å². The highest BCUT2D eigenvalue weighted by atomic mass is 16.5. The molecule has 1 aliphatic carbocycles. The van der Waals surface area contributed by atoms with Crippen LogP contribution in [-0.4, -0.2) is 49.7 Å². The summed E-state index contributed by atoms with van der Waals surface area (Å²) >= 11 is 0. The Kier molecular flexibility index (Phi) is 8.73. The second kappa shape index (κ2) is 10.8. The Bertz CT molecular complexity index is 412. The third-order valence-corrected chi connectivity index (χ3v) is 5.74. The van der Waals surface area contributed by atoms with Crippen molar-refractivity contribution in [1.82, 2.24) is 4.90 Å². The molecule has 25 heavy (non-hydrogen) atoms. The third kappa shape index (κ3) is 6.61. The van der Waals surface area contributed by atoms with E-state index in [0.29, 0.717) is 13.1 Å². The first-order valence-corrected chi connectivity index (χ1v) is 10.1. The Morgan fingerprint density at radius 3 is 2.52 bits per heavy atom. The number of unbranched alkanes of at least 4 members (excludes halogenated alkanes) is 1. The lowest BCUT2D eigenvalue weighted by Crippen LogP contribution is -2.43. The number of carbonyl (C=O) groups is 2. The maximum atomic E-state index is 13.0. The van der Waals surface area contributed by atoms with E-state index in [9.17, 15) is 9.59 Å². The average Bonchev–Trinajstić information content (AvgIpc) is 3.16. The van der Waals surface area contributed by atoms with Crippen LogP contribution in [0.25, 0.3) is 0 Å². The fourth-order valence-electron chi connectivity index (χ4n) is 4.10. The Morgan fingerprint density at radius 2 is 1.92 bits per heavy atom. The van der Waals surface area contributed by atoms with Crippen LogP contribution < -0.4 is 0 Å². The van der Waals surface area contributed by atoms with E-state index in [4.69, 9.17) is 9.47 Å². The first-order chi connectivity index (χ1) is 12.1. The summed E-state index contributed by atoms with van der Waals surface area (Å²) in [6.45, 7) is 4.08. The molecule has 0 aromatic rings. The van der Waals surface area contributed by atoms with Crippen LogP contribution in [0.2, 0.25) is 0 Å². The number of nitrogens with zero attached hydrogens (tertiary/aromatic N) is 1. The van der Waals surface area contributed by atoms with Crippen molar-refractivity contribution >= 4 is 11.9 Å². The monoisotopic (exact) mass is 353 g/mol. The summed E-state index contributed by atoms with van der Waals surface area (Å²) in [5, 5.41) is 0. The smallest absolute Gasteiger partial charge is 0.307 e. The van der Waals surface area contributed by atoms with E-state index in [2.05, 4.69) is 6.92 Å². The van der Waals surface area contributed by atoms with Crippen molar-refractivity contribution in [3.05, 3.63) is 0 Å². The number of carbonyl (C=O) groups excluding carboxylic acids is 2. The molecule has 0 radical (unpaired) electrons. The van der Waals surface area contributed by atoms with Crippen molar-refractivity contribution in [2.24, 2.45) is 11.8 Å². The standard InChI is InChI=1S/C20H35NO4/c1-3-4-6-16-8-10-17(11-9-16)20(23)21(13-12-19(22)24-2)15-18-7-5-14-25-18/h16-18H,3-15H2,1-2H3. The third-order valence-electron chi connectivity index (χ3n) is 5.74. The van der Waals surface area contributed by atoms with Gasteiger partial charge < -0.3 is 14.4 Å². The van der Waals surface area contributed by atoms with Gasteiger partial charge >= 0.3 is 5.97 Å². The van der Waals surface area contributed by atoms with Crippen LogP contribution in [0, 0.1) is 11.8 Å². The number of esters is 1. The molecule has 1 heterocycles. The van der Waals surface area contributed by atoms with Gasteiger partial charge in [-0.05, 0) is 44.4 Å². The van der Waals surface area contributed by atoms with Gasteiger partial charge in [0.15, 0.2) is 0 Å².